The topological polar surface area (TPSA) is 114 Å². The molecular formula is C43H40N6O3. The summed E-state index contributed by atoms with van der Waals surface area (Å²) in [5.74, 6) is -0.164. The van der Waals surface area contributed by atoms with Crippen LogP contribution >= 0.6 is 0 Å². The quantitative estimate of drug-likeness (QED) is 0.0961. The van der Waals surface area contributed by atoms with Crippen molar-refractivity contribution in [3.05, 3.63) is 179 Å². The van der Waals surface area contributed by atoms with Gasteiger partial charge in [0.2, 0.25) is 17.2 Å². The Morgan fingerprint density at radius 3 is 1.81 bits per heavy atom. The second-order valence-corrected chi connectivity index (χ2v) is 12.8. The number of unbranched alkanes of at least 4 members (excludes halogenated alkanes) is 1. The number of imidazole rings is 1. The van der Waals surface area contributed by atoms with E-state index in [4.69, 9.17) is 15.0 Å². The first-order chi connectivity index (χ1) is 25.5. The lowest BCUT2D eigenvalue weighted by molar-refractivity contribution is 0.0516. The van der Waals surface area contributed by atoms with Crippen molar-refractivity contribution < 1.29 is 14.6 Å². The molecule has 1 aromatic heterocycles. The van der Waals surface area contributed by atoms with E-state index in [0.717, 1.165) is 51.8 Å². The number of aryl methyl sites for hydroxylation is 1. The predicted molar refractivity (Wildman–Crippen MR) is 200 cm³/mol. The molecule has 0 amide bonds. The van der Waals surface area contributed by atoms with Crippen LogP contribution in [0.2, 0.25) is 0 Å². The van der Waals surface area contributed by atoms with Crippen LogP contribution in [-0.4, -0.2) is 27.2 Å². The van der Waals surface area contributed by atoms with E-state index >= 15 is 0 Å². The Bertz CT molecular complexity index is 2090. The summed E-state index contributed by atoms with van der Waals surface area (Å²) < 4.78 is 6.86. The third kappa shape index (κ3) is 5.98. The molecule has 1 aliphatic rings. The zero-order valence-corrected chi connectivity index (χ0v) is 29.3. The van der Waals surface area contributed by atoms with Crippen molar-refractivity contribution in [2.45, 2.75) is 50.7 Å². The van der Waals surface area contributed by atoms with Crippen molar-refractivity contribution in [3.8, 4) is 17.0 Å². The SMILES string of the molecule is CCCCc1nc(C(=O)OCC)c(O)n1Cc1ccc(-c2ccccc2C2(C(c3ccccc3)(c3ccccc3)c3ccccc3)N=NN=N2)cc1. The van der Waals surface area contributed by atoms with Gasteiger partial charge in [-0.1, -0.05) is 153 Å². The normalized spacial score (nSPS) is 13.3. The number of hydrogen-bond acceptors (Lipinski definition) is 8. The summed E-state index contributed by atoms with van der Waals surface area (Å²) in [5, 5.41) is 29.5. The largest absolute Gasteiger partial charge is 0.493 e. The van der Waals surface area contributed by atoms with Crippen molar-refractivity contribution >= 4 is 5.97 Å². The smallest absolute Gasteiger partial charge is 0.362 e. The van der Waals surface area contributed by atoms with Gasteiger partial charge in [-0.2, -0.15) is 0 Å². The van der Waals surface area contributed by atoms with Gasteiger partial charge in [-0.25, -0.2) is 9.78 Å². The van der Waals surface area contributed by atoms with Crippen LogP contribution in [-0.2, 0) is 28.8 Å². The molecule has 0 saturated carbocycles. The van der Waals surface area contributed by atoms with Gasteiger partial charge in [0.25, 0.3) is 0 Å². The van der Waals surface area contributed by atoms with Crippen molar-refractivity contribution in [2.75, 3.05) is 6.61 Å². The fourth-order valence-corrected chi connectivity index (χ4v) is 7.35. The Hall–Kier alpha value is -6.22. The van der Waals surface area contributed by atoms with E-state index in [1.165, 1.54) is 0 Å². The van der Waals surface area contributed by atoms with Crippen LogP contribution in [0.4, 0.5) is 0 Å². The van der Waals surface area contributed by atoms with E-state index in [0.29, 0.717) is 18.8 Å². The first kappa shape index (κ1) is 34.2. The number of aromatic nitrogens is 2. The highest BCUT2D eigenvalue weighted by Crippen LogP contribution is 2.58. The van der Waals surface area contributed by atoms with Gasteiger partial charge in [-0.3, -0.25) is 4.57 Å². The minimum atomic E-state index is -1.31. The van der Waals surface area contributed by atoms with E-state index in [9.17, 15) is 9.90 Å². The molecule has 0 unspecified atom stereocenters. The summed E-state index contributed by atoms with van der Waals surface area (Å²) >= 11 is 0. The first-order valence-corrected chi connectivity index (χ1v) is 17.7. The number of benzene rings is 5. The summed E-state index contributed by atoms with van der Waals surface area (Å²) in [6, 6.07) is 47.4. The van der Waals surface area contributed by atoms with Crippen LogP contribution in [0.15, 0.2) is 160 Å². The molecule has 2 heterocycles. The molecule has 0 saturated heterocycles. The van der Waals surface area contributed by atoms with Gasteiger partial charge < -0.3 is 9.84 Å². The lowest BCUT2D eigenvalue weighted by Gasteiger charge is -2.45. The van der Waals surface area contributed by atoms with Crippen LogP contribution in [0, 0.1) is 0 Å². The Labute approximate surface area is 303 Å². The maximum Gasteiger partial charge on any atom is 0.362 e. The molecule has 5 aromatic carbocycles. The number of esters is 1. The third-order valence-corrected chi connectivity index (χ3v) is 9.71. The van der Waals surface area contributed by atoms with E-state index in [1.807, 2.05) is 78.9 Å². The number of carbonyl (C=O) groups excluding carboxylic acids is 1. The van der Waals surface area contributed by atoms with Crippen molar-refractivity contribution in [2.24, 2.45) is 20.7 Å². The number of nitrogens with zero attached hydrogens (tertiary/aromatic N) is 6. The minimum Gasteiger partial charge on any atom is -0.493 e. The van der Waals surface area contributed by atoms with Gasteiger partial charge >= 0.3 is 5.97 Å². The molecule has 1 aliphatic heterocycles. The first-order valence-electron chi connectivity index (χ1n) is 17.7. The zero-order valence-electron chi connectivity index (χ0n) is 29.3. The highest BCUT2D eigenvalue weighted by atomic mass is 16.5. The van der Waals surface area contributed by atoms with Gasteiger partial charge in [0.1, 0.15) is 5.82 Å². The molecule has 9 nitrogen and oxygen atoms in total. The monoisotopic (exact) mass is 688 g/mol. The molecular weight excluding hydrogens is 649 g/mol. The van der Waals surface area contributed by atoms with Crippen molar-refractivity contribution in [3.63, 3.8) is 0 Å². The Kier molecular flexibility index (Phi) is 9.84. The lowest BCUT2D eigenvalue weighted by Crippen LogP contribution is -2.48. The second-order valence-electron chi connectivity index (χ2n) is 12.8. The molecule has 0 aliphatic carbocycles. The number of aromatic hydroxyl groups is 1. The maximum atomic E-state index is 12.6. The van der Waals surface area contributed by atoms with Crippen LogP contribution < -0.4 is 0 Å². The van der Waals surface area contributed by atoms with Gasteiger partial charge in [-0.15, -0.1) is 10.2 Å². The standard InChI is InChI=1S/C43H40N6O3/c1-3-5-25-38-44-39(41(51)52-4-2)40(50)49(38)30-31-26-28-32(29-27-31)36-23-15-16-24-37(36)43(45-47-48-46-43)42(33-17-9-6-10-18-33,34-19-11-7-12-20-34)35-21-13-8-14-22-35/h6-24,26-29,50H,3-5,25,30H2,1-2H3. The van der Waals surface area contributed by atoms with Crippen molar-refractivity contribution in [1.82, 2.24) is 9.55 Å². The molecule has 52 heavy (non-hydrogen) atoms. The molecule has 9 heteroatoms. The maximum absolute atomic E-state index is 12.6. The highest BCUT2D eigenvalue weighted by molar-refractivity contribution is 5.90. The number of carbonyl (C=O) groups is 1. The van der Waals surface area contributed by atoms with Gasteiger partial charge in [0, 0.05) is 12.0 Å². The minimum absolute atomic E-state index is 0.0533. The Morgan fingerprint density at radius 1 is 0.731 bits per heavy atom. The molecule has 0 fully saturated rings. The summed E-state index contributed by atoms with van der Waals surface area (Å²) in [6.45, 7) is 4.36. The predicted octanol–water partition coefficient (Wildman–Crippen LogP) is 9.84. The molecule has 260 valence electrons. The fourth-order valence-electron chi connectivity index (χ4n) is 7.35. The summed E-state index contributed by atoms with van der Waals surface area (Å²) in [6.07, 6.45) is 2.46. The zero-order chi connectivity index (χ0) is 36.0. The Morgan fingerprint density at radius 2 is 1.27 bits per heavy atom. The number of ether oxygens (including phenoxy) is 1. The van der Waals surface area contributed by atoms with Gasteiger partial charge in [0.15, 0.2) is 0 Å². The van der Waals surface area contributed by atoms with Crippen LogP contribution in [0.5, 0.6) is 5.88 Å². The summed E-state index contributed by atoms with van der Waals surface area (Å²) in [7, 11) is 0. The fraction of sp³-hybridized carbons (Fsp3) is 0.209. The molecule has 0 bridgehead atoms. The van der Waals surface area contributed by atoms with Crippen LogP contribution in [0.1, 0.15) is 70.8 Å². The van der Waals surface area contributed by atoms with Gasteiger partial charge in [0.05, 0.1) is 18.6 Å². The molecule has 7 rings (SSSR count). The van der Waals surface area contributed by atoms with E-state index < -0.39 is 17.0 Å². The highest BCUT2D eigenvalue weighted by Gasteiger charge is 2.60. The van der Waals surface area contributed by atoms with Crippen LogP contribution in [0.3, 0.4) is 0 Å². The summed E-state index contributed by atoms with van der Waals surface area (Å²) in [5.41, 5.74) is 4.33. The average molecular weight is 689 g/mol. The number of rotatable bonds is 13. The lowest BCUT2D eigenvalue weighted by atomic mass is 9.59. The molecule has 0 radical (unpaired) electrons. The molecule has 6 aromatic rings. The molecule has 1 N–H and O–H groups in total. The second kappa shape index (κ2) is 14.9. The number of hydrogen-bond donors (Lipinski definition) is 1. The van der Waals surface area contributed by atoms with E-state index in [-0.39, 0.29) is 18.2 Å². The van der Waals surface area contributed by atoms with E-state index in [1.54, 1.807) is 11.5 Å². The van der Waals surface area contributed by atoms with Crippen molar-refractivity contribution in [1.29, 1.82) is 0 Å². The molecule has 0 atom stereocenters. The summed E-state index contributed by atoms with van der Waals surface area (Å²) in [4.78, 5) is 17.1. The van der Waals surface area contributed by atoms with Gasteiger partial charge in [-0.05, 0) is 57.2 Å². The Balaban J connectivity index is 1.36. The third-order valence-electron chi connectivity index (χ3n) is 9.71. The van der Waals surface area contributed by atoms with Crippen LogP contribution in [0.25, 0.3) is 11.1 Å². The molecule has 0 spiro atoms. The van der Waals surface area contributed by atoms with E-state index in [2.05, 4.69) is 83.0 Å². The average Bonchev–Trinajstić information content (AvgIpc) is 3.81.